The van der Waals surface area contributed by atoms with Gasteiger partial charge in [-0.25, -0.2) is 0 Å². The van der Waals surface area contributed by atoms with Gasteiger partial charge in [0.2, 0.25) is 0 Å². The highest BCUT2D eigenvalue weighted by molar-refractivity contribution is 5.67. The van der Waals surface area contributed by atoms with Gasteiger partial charge in [0.15, 0.2) is 0 Å². The van der Waals surface area contributed by atoms with E-state index in [-0.39, 0.29) is 5.97 Å². The van der Waals surface area contributed by atoms with Gasteiger partial charge in [0.25, 0.3) is 0 Å². The summed E-state index contributed by atoms with van der Waals surface area (Å²) in [6.45, 7) is 3.44. The van der Waals surface area contributed by atoms with Crippen molar-refractivity contribution in [2.75, 3.05) is 0 Å². The molecule has 0 N–H and O–H groups in total. The standard InChI is InChI=1S/C10H12O2/c1-8-5-3-4-6-10(7-8)12-9(2)11/h3-8H,1-2H3. The molecule has 0 aliphatic heterocycles. The number of esters is 1. The smallest absolute Gasteiger partial charge is 0.308 e. The topological polar surface area (TPSA) is 26.3 Å². The van der Waals surface area contributed by atoms with Crippen molar-refractivity contribution in [1.82, 2.24) is 0 Å². The first-order valence-corrected chi connectivity index (χ1v) is 3.93. The molecular weight excluding hydrogens is 152 g/mol. The molecule has 0 aromatic carbocycles. The van der Waals surface area contributed by atoms with E-state index in [1.54, 1.807) is 6.08 Å². The Labute approximate surface area is 72.2 Å². The van der Waals surface area contributed by atoms with E-state index >= 15 is 0 Å². The van der Waals surface area contributed by atoms with Gasteiger partial charge < -0.3 is 4.74 Å². The van der Waals surface area contributed by atoms with Crippen LogP contribution < -0.4 is 0 Å². The van der Waals surface area contributed by atoms with Crippen LogP contribution in [0.5, 0.6) is 0 Å². The van der Waals surface area contributed by atoms with Gasteiger partial charge in [0.1, 0.15) is 5.76 Å². The maximum absolute atomic E-state index is 10.6. The number of carbonyl (C=O) groups excluding carboxylic acids is 1. The molecule has 0 saturated carbocycles. The molecule has 0 aromatic rings. The maximum atomic E-state index is 10.6. The molecule has 12 heavy (non-hydrogen) atoms. The molecule has 0 heterocycles. The second-order valence-corrected chi connectivity index (χ2v) is 2.77. The van der Waals surface area contributed by atoms with Gasteiger partial charge in [0, 0.05) is 6.92 Å². The fourth-order valence-electron chi connectivity index (χ4n) is 0.994. The molecule has 1 aliphatic rings. The normalized spacial score (nSPS) is 21.5. The average Bonchev–Trinajstić information content (AvgIpc) is 2.12. The van der Waals surface area contributed by atoms with Crippen molar-refractivity contribution in [2.24, 2.45) is 5.92 Å². The molecular formula is C10H12O2. The summed E-state index contributed by atoms with van der Waals surface area (Å²) < 4.78 is 4.94. The van der Waals surface area contributed by atoms with E-state index in [2.05, 4.69) is 0 Å². The lowest BCUT2D eigenvalue weighted by Crippen LogP contribution is -1.97. The Bertz CT molecular complexity index is 259. The summed E-state index contributed by atoms with van der Waals surface area (Å²) in [5.74, 6) is 0.661. The highest BCUT2D eigenvalue weighted by Gasteiger charge is 2.02. The quantitative estimate of drug-likeness (QED) is 0.555. The second-order valence-electron chi connectivity index (χ2n) is 2.77. The molecule has 64 valence electrons. The third-order valence-electron chi connectivity index (χ3n) is 1.48. The van der Waals surface area contributed by atoms with Gasteiger partial charge in [-0.3, -0.25) is 4.79 Å². The van der Waals surface area contributed by atoms with E-state index in [0.717, 1.165) is 0 Å². The Balaban J connectivity index is 2.70. The molecule has 0 aromatic heterocycles. The predicted molar refractivity (Wildman–Crippen MR) is 47.3 cm³/mol. The van der Waals surface area contributed by atoms with Crippen LogP contribution in [0.1, 0.15) is 13.8 Å². The Morgan fingerprint density at radius 3 is 2.92 bits per heavy atom. The largest absolute Gasteiger partial charge is 0.427 e. The Kier molecular flexibility index (Phi) is 2.86. The van der Waals surface area contributed by atoms with Crippen LogP contribution in [0.2, 0.25) is 0 Å². The van der Waals surface area contributed by atoms with Crippen LogP contribution in [0.25, 0.3) is 0 Å². The van der Waals surface area contributed by atoms with Gasteiger partial charge in [-0.2, -0.15) is 0 Å². The molecule has 1 unspecified atom stereocenters. The van der Waals surface area contributed by atoms with Crippen molar-refractivity contribution < 1.29 is 9.53 Å². The predicted octanol–water partition coefficient (Wildman–Crippen LogP) is 2.20. The molecule has 0 radical (unpaired) electrons. The van der Waals surface area contributed by atoms with Gasteiger partial charge in [-0.15, -0.1) is 0 Å². The van der Waals surface area contributed by atoms with Crippen LogP contribution in [0.3, 0.4) is 0 Å². The van der Waals surface area contributed by atoms with Crippen LogP contribution >= 0.6 is 0 Å². The third-order valence-corrected chi connectivity index (χ3v) is 1.48. The van der Waals surface area contributed by atoms with Crippen molar-refractivity contribution >= 4 is 5.97 Å². The van der Waals surface area contributed by atoms with Crippen molar-refractivity contribution in [2.45, 2.75) is 13.8 Å². The van der Waals surface area contributed by atoms with E-state index < -0.39 is 0 Å². The minimum absolute atomic E-state index is 0.278. The van der Waals surface area contributed by atoms with E-state index in [1.807, 2.05) is 31.2 Å². The van der Waals surface area contributed by atoms with Crippen molar-refractivity contribution in [3.63, 3.8) is 0 Å². The summed E-state index contributed by atoms with van der Waals surface area (Å²) in [7, 11) is 0. The van der Waals surface area contributed by atoms with Gasteiger partial charge >= 0.3 is 5.97 Å². The van der Waals surface area contributed by atoms with Gasteiger partial charge in [0.05, 0.1) is 0 Å². The van der Waals surface area contributed by atoms with Crippen LogP contribution in [0.15, 0.2) is 36.1 Å². The van der Waals surface area contributed by atoms with E-state index in [0.29, 0.717) is 11.7 Å². The lowest BCUT2D eigenvalue weighted by molar-refractivity contribution is -0.136. The number of ether oxygens (including phenoxy) is 1. The molecule has 0 bridgehead atoms. The average molecular weight is 164 g/mol. The summed E-state index contributed by atoms with van der Waals surface area (Å²) in [4.78, 5) is 10.6. The SMILES string of the molecule is CC(=O)OC1=CC(C)C=CC=C1. The Morgan fingerprint density at radius 2 is 2.25 bits per heavy atom. The summed E-state index contributed by atoms with van der Waals surface area (Å²) in [6, 6.07) is 0. The van der Waals surface area contributed by atoms with Gasteiger partial charge in [-0.1, -0.05) is 25.2 Å². The number of allylic oxidation sites excluding steroid dienone is 5. The highest BCUT2D eigenvalue weighted by atomic mass is 16.5. The molecule has 1 atom stereocenters. The number of hydrogen-bond donors (Lipinski definition) is 0. The molecule has 0 saturated heterocycles. The number of rotatable bonds is 1. The maximum Gasteiger partial charge on any atom is 0.308 e. The summed E-state index contributed by atoms with van der Waals surface area (Å²) in [5.41, 5.74) is 0. The van der Waals surface area contributed by atoms with Crippen LogP contribution in [-0.2, 0) is 9.53 Å². The van der Waals surface area contributed by atoms with Crippen LogP contribution in [-0.4, -0.2) is 5.97 Å². The van der Waals surface area contributed by atoms with Gasteiger partial charge in [-0.05, 0) is 18.1 Å². The van der Waals surface area contributed by atoms with Crippen molar-refractivity contribution in [3.8, 4) is 0 Å². The van der Waals surface area contributed by atoms with Crippen LogP contribution in [0, 0.1) is 5.92 Å². The summed E-state index contributed by atoms with van der Waals surface area (Å²) in [5, 5.41) is 0. The highest BCUT2D eigenvalue weighted by Crippen LogP contribution is 2.11. The fraction of sp³-hybridized carbons (Fsp3) is 0.300. The van der Waals surface area contributed by atoms with E-state index in [9.17, 15) is 4.79 Å². The zero-order chi connectivity index (χ0) is 8.97. The minimum Gasteiger partial charge on any atom is -0.427 e. The Hall–Kier alpha value is -1.31. The zero-order valence-electron chi connectivity index (χ0n) is 7.28. The lowest BCUT2D eigenvalue weighted by Gasteiger charge is -2.02. The molecule has 0 amide bonds. The third kappa shape index (κ3) is 2.74. The fourth-order valence-corrected chi connectivity index (χ4v) is 0.994. The first-order chi connectivity index (χ1) is 5.68. The monoisotopic (exact) mass is 164 g/mol. The van der Waals surface area contributed by atoms with E-state index in [1.165, 1.54) is 6.92 Å². The van der Waals surface area contributed by atoms with Crippen molar-refractivity contribution in [3.05, 3.63) is 36.1 Å². The van der Waals surface area contributed by atoms with Crippen LogP contribution in [0.4, 0.5) is 0 Å². The zero-order valence-corrected chi connectivity index (χ0v) is 7.28. The minimum atomic E-state index is -0.278. The molecule has 0 spiro atoms. The lowest BCUT2D eigenvalue weighted by atomic mass is 10.1. The molecule has 1 rings (SSSR count). The number of hydrogen-bond acceptors (Lipinski definition) is 2. The molecule has 1 aliphatic carbocycles. The molecule has 2 heteroatoms. The first-order valence-electron chi connectivity index (χ1n) is 3.93. The van der Waals surface area contributed by atoms with E-state index in [4.69, 9.17) is 4.74 Å². The summed E-state index contributed by atoms with van der Waals surface area (Å²) >= 11 is 0. The molecule has 0 fully saturated rings. The Morgan fingerprint density at radius 1 is 1.50 bits per heavy atom. The number of carbonyl (C=O) groups is 1. The van der Waals surface area contributed by atoms with Crippen molar-refractivity contribution in [1.29, 1.82) is 0 Å². The first kappa shape index (κ1) is 8.78. The molecule has 2 nitrogen and oxygen atoms in total. The second kappa shape index (κ2) is 3.90. The summed E-state index contributed by atoms with van der Waals surface area (Å²) in [6.07, 6.45) is 9.52.